The van der Waals surface area contributed by atoms with Crippen LogP contribution in [0.15, 0.2) is 36.5 Å². The molecule has 0 saturated heterocycles. The number of carbonyl (C=O) groups is 3. The molecule has 0 heterocycles. The number of carbonyl (C=O) groups excluding carboxylic acids is 2. The highest BCUT2D eigenvalue weighted by Gasteiger charge is 2.14. The lowest BCUT2D eigenvalue weighted by molar-refractivity contribution is -0.150. The molecule has 2 N–H and O–H groups in total. The molecule has 0 fully saturated rings. The molecule has 0 saturated carbocycles. The average Bonchev–Trinajstić information content (AvgIpc) is 3.02. The number of carboxylic acid groups (broad SMARTS) is 1. The molecule has 0 aliphatic rings. The first-order valence-electron chi connectivity index (χ1n) is 18.6. The summed E-state index contributed by atoms with van der Waals surface area (Å²) < 4.78 is 5.96. The minimum absolute atomic E-state index is 0.0183. The molecular formula is C39H69NO5. The highest BCUT2D eigenvalue weighted by molar-refractivity contribution is 5.80. The van der Waals surface area contributed by atoms with Crippen LogP contribution in [0.25, 0.3) is 0 Å². The van der Waals surface area contributed by atoms with Gasteiger partial charge in [0.1, 0.15) is 12.6 Å². The predicted octanol–water partition coefficient (Wildman–Crippen LogP) is 10.9. The lowest BCUT2D eigenvalue weighted by Gasteiger charge is -2.18. The number of carboxylic acids is 1. The zero-order valence-corrected chi connectivity index (χ0v) is 29.2. The van der Waals surface area contributed by atoms with Crippen molar-refractivity contribution in [1.29, 1.82) is 0 Å². The lowest BCUT2D eigenvalue weighted by Crippen LogP contribution is -2.28. The third-order valence-electron chi connectivity index (χ3n) is 8.02. The van der Waals surface area contributed by atoms with Gasteiger partial charge in [0.2, 0.25) is 5.91 Å². The van der Waals surface area contributed by atoms with Crippen LogP contribution >= 0.6 is 0 Å². The Labute approximate surface area is 276 Å². The number of hydrogen-bond donors (Lipinski definition) is 2. The van der Waals surface area contributed by atoms with Crippen molar-refractivity contribution in [3.63, 3.8) is 0 Å². The van der Waals surface area contributed by atoms with Crippen LogP contribution in [0.1, 0.15) is 181 Å². The van der Waals surface area contributed by atoms with Gasteiger partial charge in [0.05, 0.1) is 0 Å². The largest absolute Gasteiger partial charge is 0.480 e. The normalized spacial score (nSPS) is 12.4. The minimum Gasteiger partial charge on any atom is -0.480 e. The fourth-order valence-corrected chi connectivity index (χ4v) is 5.26. The number of hydrogen-bond acceptors (Lipinski definition) is 4. The topological polar surface area (TPSA) is 92.7 Å². The van der Waals surface area contributed by atoms with Crippen molar-refractivity contribution in [2.24, 2.45) is 0 Å². The Morgan fingerprint density at radius 3 is 1.73 bits per heavy atom. The molecule has 45 heavy (non-hydrogen) atoms. The summed E-state index contributed by atoms with van der Waals surface area (Å²) in [5, 5.41) is 11.0. The van der Waals surface area contributed by atoms with Crippen LogP contribution in [0.3, 0.4) is 0 Å². The summed E-state index contributed by atoms with van der Waals surface area (Å²) in [7, 11) is 0. The van der Waals surface area contributed by atoms with E-state index in [4.69, 9.17) is 9.84 Å². The molecule has 1 amide bonds. The van der Waals surface area contributed by atoms with E-state index in [0.717, 1.165) is 83.5 Å². The van der Waals surface area contributed by atoms with E-state index in [0.29, 0.717) is 12.8 Å². The summed E-state index contributed by atoms with van der Waals surface area (Å²) in [6.45, 7) is 4.14. The maximum atomic E-state index is 12.6. The molecular weight excluding hydrogens is 562 g/mol. The maximum absolute atomic E-state index is 12.6. The molecule has 6 heteroatoms. The fourth-order valence-electron chi connectivity index (χ4n) is 5.26. The van der Waals surface area contributed by atoms with Gasteiger partial charge in [0.15, 0.2) is 0 Å². The van der Waals surface area contributed by atoms with Crippen LogP contribution < -0.4 is 5.32 Å². The number of nitrogens with one attached hydrogen (secondary N) is 1. The Morgan fingerprint density at radius 1 is 0.578 bits per heavy atom. The van der Waals surface area contributed by atoms with E-state index in [1.807, 2.05) is 0 Å². The first kappa shape index (κ1) is 42.6. The molecule has 1 unspecified atom stereocenters. The van der Waals surface area contributed by atoms with Crippen molar-refractivity contribution in [1.82, 2.24) is 5.32 Å². The van der Waals surface area contributed by atoms with E-state index in [1.54, 1.807) is 0 Å². The van der Waals surface area contributed by atoms with Gasteiger partial charge < -0.3 is 15.2 Å². The second kappa shape index (κ2) is 34.5. The Morgan fingerprint density at radius 2 is 1.09 bits per heavy atom. The van der Waals surface area contributed by atoms with Crippen LogP contribution in [0.5, 0.6) is 0 Å². The third kappa shape index (κ3) is 34.3. The van der Waals surface area contributed by atoms with Crippen LogP contribution in [0.2, 0.25) is 0 Å². The van der Waals surface area contributed by atoms with E-state index in [9.17, 15) is 14.4 Å². The maximum Gasteiger partial charge on any atom is 0.322 e. The highest BCUT2D eigenvalue weighted by atomic mass is 16.5. The number of amides is 1. The summed E-state index contributed by atoms with van der Waals surface area (Å²) in [6.07, 6.45) is 41.1. The van der Waals surface area contributed by atoms with Crippen molar-refractivity contribution in [2.75, 3.05) is 6.54 Å². The van der Waals surface area contributed by atoms with E-state index in [2.05, 4.69) is 55.6 Å². The lowest BCUT2D eigenvalue weighted by atomic mass is 10.0. The Kier molecular flexibility index (Phi) is 32.7. The third-order valence-corrected chi connectivity index (χ3v) is 8.02. The highest BCUT2D eigenvalue weighted by Crippen LogP contribution is 2.17. The van der Waals surface area contributed by atoms with E-state index in [-0.39, 0.29) is 24.5 Å². The number of esters is 1. The van der Waals surface area contributed by atoms with Crippen LogP contribution in [-0.4, -0.2) is 35.6 Å². The summed E-state index contributed by atoms with van der Waals surface area (Å²) in [5.41, 5.74) is 0. The smallest absolute Gasteiger partial charge is 0.322 e. The number of aliphatic carboxylic acids is 1. The van der Waals surface area contributed by atoms with Crippen molar-refractivity contribution in [2.45, 2.75) is 187 Å². The summed E-state index contributed by atoms with van der Waals surface area (Å²) >= 11 is 0. The predicted molar refractivity (Wildman–Crippen MR) is 189 cm³/mol. The van der Waals surface area contributed by atoms with Crippen LogP contribution in [0.4, 0.5) is 0 Å². The fraction of sp³-hybridized carbons (Fsp3) is 0.769. The van der Waals surface area contributed by atoms with E-state index < -0.39 is 5.97 Å². The number of ether oxygens (including phenoxy) is 1. The molecule has 0 aromatic heterocycles. The number of unbranched alkanes of at least 4 members (excludes halogenated alkanes) is 16. The SMILES string of the molecule is CCC/C=C\CCCCCCCC(=O)OC(CCC/C=C\C/C=C\CCCCCCC)CCCCCCCC(=O)NCC(=O)O. The number of rotatable bonds is 33. The zero-order chi connectivity index (χ0) is 33.1. The molecule has 0 aliphatic carbocycles. The van der Waals surface area contributed by atoms with Gasteiger partial charge >= 0.3 is 11.9 Å². The average molecular weight is 632 g/mol. The van der Waals surface area contributed by atoms with Crippen molar-refractivity contribution in [3.05, 3.63) is 36.5 Å². The van der Waals surface area contributed by atoms with Crippen molar-refractivity contribution < 1.29 is 24.2 Å². The second-order valence-corrected chi connectivity index (χ2v) is 12.5. The van der Waals surface area contributed by atoms with Gasteiger partial charge in [0.25, 0.3) is 0 Å². The van der Waals surface area contributed by atoms with Crippen molar-refractivity contribution >= 4 is 17.8 Å². The molecule has 0 bridgehead atoms. The summed E-state index contributed by atoms with van der Waals surface area (Å²) in [6, 6.07) is 0. The zero-order valence-electron chi connectivity index (χ0n) is 29.2. The molecule has 0 spiro atoms. The Balaban J connectivity index is 4.29. The molecule has 0 aliphatic heterocycles. The van der Waals surface area contributed by atoms with Gasteiger partial charge in [-0.3, -0.25) is 14.4 Å². The van der Waals surface area contributed by atoms with Gasteiger partial charge in [-0.25, -0.2) is 0 Å². The Hall–Kier alpha value is -2.37. The standard InChI is InChI=1S/C39H69NO5/c1-3-5-7-9-11-13-15-16-17-18-20-23-27-31-36(32-28-24-22-25-29-33-37(41)40-35-38(42)43)45-39(44)34-30-26-21-19-14-12-10-8-6-4-2/h8,10,15-16,18,20,36H,3-7,9,11-14,17,19,21-35H2,1-2H3,(H,40,41)(H,42,43)/b10-8-,16-15-,20-18-. The molecule has 0 rings (SSSR count). The molecule has 1 atom stereocenters. The molecule has 0 aromatic rings. The quantitative estimate of drug-likeness (QED) is 0.0427. The van der Waals surface area contributed by atoms with Crippen LogP contribution in [-0.2, 0) is 19.1 Å². The summed E-state index contributed by atoms with van der Waals surface area (Å²) in [5.74, 6) is -1.27. The molecule has 260 valence electrons. The van der Waals surface area contributed by atoms with Gasteiger partial charge in [-0.2, -0.15) is 0 Å². The molecule has 0 radical (unpaired) electrons. The Bertz CT molecular complexity index is 788. The van der Waals surface area contributed by atoms with Gasteiger partial charge in [0, 0.05) is 12.8 Å². The van der Waals surface area contributed by atoms with Gasteiger partial charge in [-0.1, -0.05) is 121 Å². The first-order valence-corrected chi connectivity index (χ1v) is 18.6. The van der Waals surface area contributed by atoms with E-state index >= 15 is 0 Å². The first-order chi connectivity index (χ1) is 22.0. The van der Waals surface area contributed by atoms with Crippen molar-refractivity contribution in [3.8, 4) is 0 Å². The number of allylic oxidation sites excluding steroid dienone is 6. The summed E-state index contributed by atoms with van der Waals surface area (Å²) in [4.78, 5) is 34.8. The minimum atomic E-state index is -1.02. The molecule has 0 aromatic carbocycles. The van der Waals surface area contributed by atoms with Gasteiger partial charge in [-0.15, -0.1) is 0 Å². The monoisotopic (exact) mass is 632 g/mol. The molecule has 6 nitrogen and oxygen atoms in total. The van der Waals surface area contributed by atoms with E-state index in [1.165, 1.54) is 70.6 Å². The van der Waals surface area contributed by atoms with Crippen LogP contribution in [0, 0.1) is 0 Å². The second-order valence-electron chi connectivity index (χ2n) is 12.5. The van der Waals surface area contributed by atoms with Gasteiger partial charge in [-0.05, 0) is 83.5 Å².